The molecule has 0 radical (unpaired) electrons. The molecule has 1 rings (SSSR count). The molecule has 0 aromatic rings. The minimum atomic E-state index is -1.38. The van der Waals surface area contributed by atoms with Gasteiger partial charge in [0.1, 0.15) is 6.04 Å². The Labute approximate surface area is 109 Å². The van der Waals surface area contributed by atoms with Crippen LogP contribution in [0, 0.1) is 0 Å². The summed E-state index contributed by atoms with van der Waals surface area (Å²) in [6.45, 7) is 1.12. The lowest BCUT2D eigenvalue weighted by Crippen LogP contribution is -2.49. The number of nitrogens with one attached hydrogen (secondary N) is 1. The zero-order chi connectivity index (χ0) is 13.5. The van der Waals surface area contributed by atoms with Crippen LogP contribution in [0.1, 0.15) is 12.8 Å². The van der Waals surface area contributed by atoms with Crippen molar-refractivity contribution in [1.29, 1.82) is 0 Å². The number of thioether (sulfide) groups is 1. The minimum absolute atomic E-state index is 0.508. The number of carboxylic acids is 2. The van der Waals surface area contributed by atoms with Gasteiger partial charge in [0, 0.05) is 18.8 Å². The van der Waals surface area contributed by atoms with Gasteiger partial charge in [0.25, 0.3) is 0 Å². The van der Waals surface area contributed by atoms with Gasteiger partial charge in [0.15, 0.2) is 0 Å². The molecule has 0 spiro atoms. The van der Waals surface area contributed by atoms with Crippen molar-refractivity contribution in [3.8, 4) is 0 Å². The summed E-state index contributed by atoms with van der Waals surface area (Å²) in [6, 6.07) is -1.89. The number of amides is 2. The van der Waals surface area contributed by atoms with Crippen molar-refractivity contribution in [2.75, 3.05) is 24.6 Å². The van der Waals surface area contributed by atoms with Gasteiger partial charge >= 0.3 is 18.0 Å². The molecule has 8 heteroatoms. The van der Waals surface area contributed by atoms with Gasteiger partial charge in [-0.15, -0.1) is 0 Å². The Kier molecular flexibility index (Phi) is 5.76. The standard InChI is InChI=1S/C10H16N2O5S/c13-8(14)6-7(9(15)16)11-10(17)12-2-1-4-18-5-3-12/h7H,1-6H2,(H,11,17)(H,13,14)(H,15,16)/t7-/m0/s1. The molecule has 1 atom stereocenters. The highest BCUT2D eigenvalue weighted by atomic mass is 32.2. The van der Waals surface area contributed by atoms with E-state index in [0.29, 0.717) is 13.1 Å². The Morgan fingerprint density at radius 2 is 1.94 bits per heavy atom. The predicted molar refractivity (Wildman–Crippen MR) is 65.7 cm³/mol. The summed E-state index contributed by atoms with van der Waals surface area (Å²) in [6.07, 6.45) is 0.235. The first-order valence-corrected chi connectivity index (χ1v) is 6.74. The van der Waals surface area contributed by atoms with Crippen molar-refractivity contribution in [2.24, 2.45) is 0 Å². The number of aliphatic carboxylic acids is 2. The van der Waals surface area contributed by atoms with Crippen LogP contribution >= 0.6 is 11.8 Å². The molecule has 18 heavy (non-hydrogen) atoms. The molecule has 102 valence electrons. The van der Waals surface area contributed by atoms with Crippen LogP contribution in [-0.4, -0.2) is 63.7 Å². The van der Waals surface area contributed by atoms with Crippen LogP contribution in [0.4, 0.5) is 4.79 Å². The fourth-order valence-electron chi connectivity index (χ4n) is 1.56. The van der Waals surface area contributed by atoms with Gasteiger partial charge in [0.2, 0.25) is 0 Å². The van der Waals surface area contributed by atoms with Crippen molar-refractivity contribution in [2.45, 2.75) is 18.9 Å². The van der Waals surface area contributed by atoms with Gasteiger partial charge in [-0.25, -0.2) is 9.59 Å². The largest absolute Gasteiger partial charge is 0.481 e. The van der Waals surface area contributed by atoms with Crippen molar-refractivity contribution >= 4 is 29.7 Å². The molecule has 1 heterocycles. The van der Waals surface area contributed by atoms with E-state index in [0.717, 1.165) is 17.9 Å². The van der Waals surface area contributed by atoms with Crippen molar-refractivity contribution in [1.82, 2.24) is 10.2 Å². The SMILES string of the molecule is O=C(O)C[C@H](NC(=O)N1CCCSCC1)C(=O)O. The first-order chi connectivity index (χ1) is 8.50. The second kappa shape index (κ2) is 7.10. The molecule has 1 aliphatic rings. The van der Waals surface area contributed by atoms with E-state index < -0.39 is 30.4 Å². The quantitative estimate of drug-likeness (QED) is 0.670. The van der Waals surface area contributed by atoms with Crippen molar-refractivity contribution in [3.05, 3.63) is 0 Å². The molecule has 3 N–H and O–H groups in total. The van der Waals surface area contributed by atoms with E-state index in [9.17, 15) is 14.4 Å². The summed E-state index contributed by atoms with van der Waals surface area (Å²) in [7, 11) is 0. The van der Waals surface area contributed by atoms with Gasteiger partial charge in [-0.3, -0.25) is 4.79 Å². The smallest absolute Gasteiger partial charge is 0.326 e. The van der Waals surface area contributed by atoms with E-state index in [4.69, 9.17) is 10.2 Å². The molecule has 0 aromatic carbocycles. The summed E-state index contributed by atoms with van der Waals surface area (Å²) in [5, 5.41) is 19.6. The molecule has 2 amide bonds. The number of urea groups is 1. The molecular weight excluding hydrogens is 260 g/mol. The van der Waals surface area contributed by atoms with Crippen LogP contribution in [0.25, 0.3) is 0 Å². The highest BCUT2D eigenvalue weighted by Gasteiger charge is 2.25. The zero-order valence-electron chi connectivity index (χ0n) is 9.79. The third-order valence-corrected chi connectivity index (χ3v) is 3.53. The molecule has 1 aliphatic heterocycles. The number of rotatable bonds is 4. The van der Waals surface area contributed by atoms with Gasteiger partial charge in [-0.2, -0.15) is 11.8 Å². The van der Waals surface area contributed by atoms with Gasteiger partial charge in [-0.05, 0) is 12.2 Å². The molecule has 0 bridgehead atoms. The second-order valence-corrected chi connectivity index (χ2v) is 5.12. The summed E-state index contributed by atoms with van der Waals surface area (Å²) in [4.78, 5) is 34.6. The molecule has 1 fully saturated rings. The Morgan fingerprint density at radius 3 is 2.56 bits per heavy atom. The number of carbonyl (C=O) groups is 3. The minimum Gasteiger partial charge on any atom is -0.481 e. The van der Waals surface area contributed by atoms with Crippen molar-refractivity contribution < 1.29 is 24.6 Å². The molecular formula is C10H16N2O5S. The molecule has 7 nitrogen and oxygen atoms in total. The van der Waals surface area contributed by atoms with Crippen LogP contribution in [0.5, 0.6) is 0 Å². The molecule has 1 saturated heterocycles. The topological polar surface area (TPSA) is 107 Å². The Balaban J connectivity index is 2.53. The second-order valence-electron chi connectivity index (χ2n) is 3.89. The van der Waals surface area contributed by atoms with Crippen molar-refractivity contribution in [3.63, 3.8) is 0 Å². The van der Waals surface area contributed by atoms with Gasteiger partial charge in [0.05, 0.1) is 6.42 Å². The number of carbonyl (C=O) groups excluding carboxylic acids is 1. The van der Waals surface area contributed by atoms with Gasteiger partial charge in [-0.1, -0.05) is 0 Å². The monoisotopic (exact) mass is 276 g/mol. The summed E-state index contributed by atoms with van der Waals surface area (Å²) < 4.78 is 0. The number of nitrogens with zero attached hydrogens (tertiary/aromatic N) is 1. The highest BCUT2D eigenvalue weighted by molar-refractivity contribution is 7.99. The number of hydrogen-bond acceptors (Lipinski definition) is 4. The fraction of sp³-hybridized carbons (Fsp3) is 0.700. The molecule has 0 saturated carbocycles. The van der Waals surface area contributed by atoms with Crippen LogP contribution in [0.2, 0.25) is 0 Å². The Morgan fingerprint density at radius 1 is 1.22 bits per heavy atom. The van der Waals surface area contributed by atoms with E-state index >= 15 is 0 Å². The predicted octanol–water partition coefficient (Wildman–Crippen LogP) is 0.0628. The third kappa shape index (κ3) is 4.82. The van der Waals surface area contributed by atoms with Gasteiger partial charge < -0.3 is 20.4 Å². The first-order valence-electron chi connectivity index (χ1n) is 5.58. The fourth-order valence-corrected chi connectivity index (χ4v) is 2.45. The maximum absolute atomic E-state index is 11.8. The molecule has 0 unspecified atom stereocenters. The van der Waals surface area contributed by atoms with E-state index in [-0.39, 0.29) is 0 Å². The van der Waals surface area contributed by atoms with E-state index in [1.54, 1.807) is 11.8 Å². The zero-order valence-corrected chi connectivity index (χ0v) is 10.6. The van der Waals surface area contributed by atoms with Crippen LogP contribution in [0.15, 0.2) is 0 Å². The summed E-state index contributed by atoms with van der Waals surface area (Å²) in [5.74, 6) is -0.810. The highest BCUT2D eigenvalue weighted by Crippen LogP contribution is 2.10. The van der Waals surface area contributed by atoms with E-state index in [2.05, 4.69) is 5.32 Å². The molecule has 0 aliphatic carbocycles. The summed E-state index contributed by atoms with van der Waals surface area (Å²) in [5.41, 5.74) is 0. The number of carboxylic acid groups (broad SMARTS) is 2. The van der Waals surface area contributed by atoms with E-state index in [1.807, 2.05) is 0 Å². The lowest BCUT2D eigenvalue weighted by Gasteiger charge is -2.22. The Hall–Kier alpha value is -1.44. The maximum Gasteiger partial charge on any atom is 0.326 e. The maximum atomic E-state index is 11.8. The Bertz CT molecular complexity index is 328. The third-order valence-electron chi connectivity index (χ3n) is 2.48. The lowest BCUT2D eigenvalue weighted by molar-refractivity contribution is -0.145. The van der Waals surface area contributed by atoms with Crippen LogP contribution < -0.4 is 5.32 Å². The van der Waals surface area contributed by atoms with Crippen LogP contribution in [-0.2, 0) is 9.59 Å². The summed E-state index contributed by atoms with van der Waals surface area (Å²) >= 11 is 1.74. The van der Waals surface area contributed by atoms with E-state index in [1.165, 1.54) is 4.90 Å². The average molecular weight is 276 g/mol. The normalized spacial score (nSPS) is 17.7. The lowest BCUT2D eigenvalue weighted by atomic mass is 10.2. The number of hydrogen-bond donors (Lipinski definition) is 3. The first kappa shape index (κ1) is 14.6. The molecule has 0 aromatic heterocycles. The average Bonchev–Trinajstić information content (AvgIpc) is 2.55. The van der Waals surface area contributed by atoms with Crippen LogP contribution in [0.3, 0.4) is 0 Å².